The van der Waals surface area contributed by atoms with Crippen LogP contribution in [-0.4, -0.2) is 63.3 Å². The quantitative estimate of drug-likeness (QED) is 0.158. The van der Waals surface area contributed by atoms with E-state index < -0.39 is 5.97 Å². The number of likely N-dealkylation sites (tertiary alicyclic amines) is 1. The zero-order valence-electron chi connectivity index (χ0n) is 26.6. The second kappa shape index (κ2) is 16.5. The average Bonchev–Trinajstić information content (AvgIpc) is 3.08. The Labute approximate surface area is 265 Å². The topological polar surface area (TPSA) is 101 Å². The number of benzene rings is 3. The number of hydrogen-bond acceptors (Lipinski definition) is 8. The van der Waals surface area contributed by atoms with E-state index >= 15 is 0 Å². The fourth-order valence-electron chi connectivity index (χ4n) is 5.05. The van der Waals surface area contributed by atoms with Gasteiger partial charge in [-0.1, -0.05) is 38.1 Å². The molecule has 0 unspecified atom stereocenters. The van der Waals surface area contributed by atoms with Crippen LogP contribution in [-0.2, 0) is 27.3 Å². The molecule has 0 bridgehead atoms. The zero-order chi connectivity index (χ0) is 32.2. The lowest BCUT2D eigenvalue weighted by molar-refractivity contribution is -0.146. The van der Waals surface area contributed by atoms with Gasteiger partial charge in [0.1, 0.15) is 23.9 Å². The molecular weight excluding hydrogens is 574 g/mol. The summed E-state index contributed by atoms with van der Waals surface area (Å²) >= 11 is 0. The summed E-state index contributed by atoms with van der Waals surface area (Å²) in [5.41, 5.74) is 2.78. The second-order valence-corrected chi connectivity index (χ2v) is 11.5. The van der Waals surface area contributed by atoms with E-state index in [4.69, 9.17) is 23.7 Å². The molecule has 0 spiro atoms. The summed E-state index contributed by atoms with van der Waals surface area (Å²) in [7, 11) is 2.67. The Hall–Kier alpha value is -4.53. The van der Waals surface area contributed by atoms with Crippen LogP contribution in [0.5, 0.6) is 17.2 Å². The second-order valence-electron chi connectivity index (χ2n) is 11.5. The van der Waals surface area contributed by atoms with Crippen molar-refractivity contribution in [2.24, 2.45) is 11.8 Å². The van der Waals surface area contributed by atoms with Gasteiger partial charge < -0.3 is 28.6 Å². The van der Waals surface area contributed by atoms with Crippen molar-refractivity contribution < 1.29 is 38.1 Å². The van der Waals surface area contributed by atoms with Gasteiger partial charge in [-0.15, -0.1) is 0 Å². The fourth-order valence-corrected chi connectivity index (χ4v) is 5.05. The Kier molecular flexibility index (Phi) is 12.2. The summed E-state index contributed by atoms with van der Waals surface area (Å²) < 4.78 is 27.5. The summed E-state index contributed by atoms with van der Waals surface area (Å²) in [5.74, 6) is 1.29. The number of methoxy groups -OCH3 is 2. The zero-order valence-corrected chi connectivity index (χ0v) is 26.6. The molecule has 240 valence electrons. The first-order valence-corrected chi connectivity index (χ1v) is 15.4. The van der Waals surface area contributed by atoms with Gasteiger partial charge in [0.05, 0.1) is 44.5 Å². The van der Waals surface area contributed by atoms with Crippen LogP contribution in [0.4, 0.5) is 0 Å². The van der Waals surface area contributed by atoms with Crippen LogP contribution < -0.4 is 14.2 Å². The van der Waals surface area contributed by atoms with Crippen LogP contribution >= 0.6 is 0 Å². The molecule has 45 heavy (non-hydrogen) atoms. The summed E-state index contributed by atoms with van der Waals surface area (Å²) in [6.07, 6.45) is 2.55. The third kappa shape index (κ3) is 9.73. The first-order chi connectivity index (χ1) is 21.8. The molecule has 1 fully saturated rings. The predicted octanol–water partition coefficient (Wildman–Crippen LogP) is 6.12. The first kappa shape index (κ1) is 33.4. The number of amides is 1. The van der Waals surface area contributed by atoms with Gasteiger partial charge in [0, 0.05) is 13.1 Å². The highest BCUT2D eigenvalue weighted by Crippen LogP contribution is 2.26. The molecular formula is C36H43NO8. The number of carbonyl (C=O) groups excluding carboxylic acids is 3. The summed E-state index contributed by atoms with van der Waals surface area (Å²) in [5, 5.41) is 0. The number of carbonyl (C=O) groups is 3. The van der Waals surface area contributed by atoms with Crippen LogP contribution in [0.1, 0.15) is 65.0 Å². The van der Waals surface area contributed by atoms with Crippen molar-refractivity contribution in [3.05, 3.63) is 89.0 Å². The summed E-state index contributed by atoms with van der Waals surface area (Å²) in [6.45, 7) is 6.63. The fraction of sp³-hybridized carbons (Fsp3) is 0.417. The van der Waals surface area contributed by atoms with Gasteiger partial charge in [-0.05, 0) is 85.2 Å². The van der Waals surface area contributed by atoms with E-state index in [0.29, 0.717) is 63.0 Å². The highest BCUT2D eigenvalue weighted by Gasteiger charge is 2.30. The molecule has 0 atom stereocenters. The molecule has 0 saturated carbocycles. The van der Waals surface area contributed by atoms with Gasteiger partial charge in [-0.25, -0.2) is 4.79 Å². The third-order valence-corrected chi connectivity index (χ3v) is 7.65. The lowest BCUT2D eigenvalue weighted by atomic mass is 9.96. The normalized spacial score (nSPS) is 13.3. The number of esters is 2. The van der Waals surface area contributed by atoms with Crippen molar-refractivity contribution in [3.8, 4) is 17.2 Å². The van der Waals surface area contributed by atoms with Gasteiger partial charge in [-0.3, -0.25) is 9.59 Å². The van der Waals surface area contributed by atoms with E-state index in [-0.39, 0.29) is 23.4 Å². The van der Waals surface area contributed by atoms with E-state index in [0.717, 1.165) is 35.5 Å². The Balaban J connectivity index is 1.28. The molecule has 1 heterocycles. The lowest BCUT2D eigenvalue weighted by Crippen LogP contribution is -2.40. The smallest absolute Gasteiger partial charge is 0.337 e. The monoisotopic (exact) mass is 617 g/mol. The molecule has 1 saturated heterocycles. The molecule has 3 aromatic carbocycles. The molecule has 1 aliphatic rings. The number of ether oxygens (including phenoxy) is 5. The minimum absolute atomic E-state index is 0.219. The highest BCUT2D eigenvalue weighted by atomic mass is 16.5. The van der Waals surface area contributed by atoms with E-state index in [2.05, 4.69) is 13.8 Å². The molecule has 0 N–H and O–H groups in total. The number of rotatable bonds is 14. The average molecular weight is 618 g/mol. The van der Waals surface area contributed by atoms with Crippen LogP contribution in [0, 0.1) is 11.8 Å². The number of nitrogens with zero attached hydrogens (tertiary/aromatic N) is 1. The van der Waals surface area contributed by atoms with Gasteiger partial charge in [0.25, 0.3) is 5.91 Å². The van der Waals surface area contributed by atoms with Crippen LogP contribution in [0.15, 0.2) is 66.7 Å². The largest absolute Gasteiger partial charge is 0.493 e. The molecule has 9 heteroatoms. The Morgan fingerprint density at radius 3 is 2.07 bits per heavy atom. The third-order valence-electron chi connectivity index (χ3n) is 7.65. The molecule has 3 aromatic rings. The maximum atomic E-state index is 13.5. The Morgan fingerprint density at radius 1 is 0.800 bits per heavy atom. The van der Waals surface area contributed by atoms with Gasteiger partial charge >= 0.3 is 11.9 Å². The van der Waals surface area contributed by atoms with E-state index in [1.165, 1.54) is 20.3 Å². The molecule has 1 aliphatic heterocycles. The van der Waals surface area contributed by atoms with Crippen molar-refractivity contribution in [2.45, 2.75) is 46.1 Å². The minimum Gasteiger partial charge on any atom is -0.493 e. The first-order valence-electron chi connectivity index (χ1n) is 15.4. The van der Waals surface area contributed by atoms with Gasteiger partial charge in [0.2, 0.25) is 0 Å². The molecule has 9 nitrogen and oxygen atoms in total. The molecule has 0 radical (unpaired) electrons. The van der Waals surface area contributed by atoms with E-state index in [1.54, 1.807) is 17.0 Å². The molecule has 4 rings (SSSR count). The van der Waals surface area contributed by atoms with Crippen molar-refractivity contribution >= 4 is 17.8 Å². The summed E-state index contributed by atoms with van der Waals surface area (Å²) in [4.78, 5) is 39.3. The van der Waals surface area contributed by atoms with Crippen LogP contribution in [0.2, 0.25) is 0 Å². The number of aryl methyl sites for hydroxylation is 1. The number of piperidine rings is 1. The predicted molar refractivity (Wildman–Crippen MR) is 170 cm³/mol. The minimum atomic E-state index is -0.531. The van der Waals surface area contributed by atoms with Gasteiger partial charge in [0.15, 0.2) is 0 Å². The van der Waals surface area contributed by atoms with Crippen molar-refractivity contribution in [1.82, 2.24) is 4.90 Å². The summed E-state index contributed by atoms with van der Waals surface area (Å²) in [6, 6.07) is 20.7. The Bertz CT molecular complexity index is 1410. The van der Waals surface area contributed by atoms with Crippen molar-refractivity contribution in [2.75, 3.05) is 40.5 Å². The van der Waals surface area contributed by atoms with Crippen LogP contribution in [0.3, 0.4) is 0 Å². The van der Waals surface area contributed by atoms with Gasteiger partial charge in [-0.2, -0.15) is 0 Å². The number of hydrogen-bond donors (Lipinski definition) is 0. The Morgan fingerprint density at radius 2 is 1.44 bits per heavy atom. The molecule has 1 amide bonds. The van der Waals surface area contributed by atoms with Crippen molar-refractivity contribution in [1.29, 1.82) is 0 Å². The highest BCUT2D eigenvalue weighted by molar-refractivity contribution is 6.00. The van der Waals surface area contributed by atoms with Crippen LogP contribution in [0.25, 0.3) is 0 Å². The van der Waals surface area contributed by atoms with E-state index in [1.807, 2.05) is 48.5 Å². The SMILES string of the molecule is COC(=O)c1ccc(OCCCc2ccc(OCc3ccc(OCC(C)C)cc3)cc2)c(C(=O)N2CCC(C(=O)OC)CC2)c1. The van der Waals surface area contributed by atoms with E-state index in [9.17, 15) is 14.4 Å². The molecule has 0 aromatic heterocycles. The maximum absolute atomic E-state index is 13.5. The molecule has 0 aliphatic carbocycles. The maximum Gasteiger partial charge on any atom is 0.337 e. The standard InChI is InChI=1S/C36H43NO8/c1-25(2)23-44-30-14-9-27(10-15-30)24-45-31-12-7-26(8-13-31)6-5-21-43-33-16-11-29(36(40)42-4)22-32(33)34(38)37-19-17-28(18-20-37)35(39)41-3/h7-16,22,25,28H,5-6,17-21,23-24H2,1-4H3. The lowest BCUT2D eigenvalue weighted by Gasteiger charge is -2.31. The van der Waals surface area contributed by atoms with Crippen molar-refractivity contribution in [3.63, 3.8) is 0 Å².